The molecule has 0 radical (unpaired) electrons. The van der Waals surface area contributed by atoms with Gasteiger partial charge in [0, 0.05) is 49.7 Å². The van der Waals surface area contributed by atoms with Crippen LogP contribution in [0, 0.1) is 11.8 Å². The number of aliphatic hydroxyl groups is 1. The second-order valence-corrected chi connectivity index (χ2v) is 11.5. The third-order valence-corrected chi connectivity index (χ3v) is 11.0. The molecule has 2 N–H and O–H groups in total. The van der Waals surface area contributed by atoms with E-state index in [1.807, 2.05) is 6.08 Å². The van der Waals surface area contributed by atoms with Crippen LogP contribution in [0.25, 0.3) is 0 Å². The molecule has 7 aliphatic heterocycles. The number of ether oxygens (including phenoxy) is 1. The van der Waals surface area contributed by atoms with Crippen molar-refractivity contribution in [1.29, 1.82) is 0 Å². The largest absolute Gasteiger partial charge is 0.478 e. The molecular formula is C24H29N2O5+. The summed E-state index contributed by atoms with van der Waals surface area (Å²) in [4.78, 5) is 27.0. The first-order chi connectivity index (χ1) is 14.9. The van der Waals surface area contributed by atoms with Crippen LogP contribution in [0.15, 0.2) is 23.3 Å². The van der Waals surface area contributed by atoms with Crippen LogP contribution in [-0.2, 0) is 14.3 Å². The number of rotatable bonds is 1. The van der Waals surface area contributed by atoms with E-state index in [4.69, 9.17) is 4.74 Å². The Morgan fingerprint density at radius 2 is 2.16 bits per heavy atom. The zero-order valence-electron chi connectivity index (χ0n) is 17.6. The number of hydrogen-bond donors (Lipinski definition) is 2. The quantitative estimate of drug-likeness (QED) is 0.370. The van der Waals surface area contributed by atoms with Crippen LogP contribution in [0.3, 0.4) is 0 Å². The normalized spacial score (nSPS) is 58.7. The highest BCUT2D eigenvalue weighted by molar-refractivity contribution is 5.88. The second-order valence-electron chi connectivity index (χ2n) is 11.5. The third-order valence-electron chi connectivity index (χ3n) is 11.0. The minimum atomic E-state index is -0.977. The van der Waals surface area contributed by atoms with E-state index in [1.165, 1.54) is 11.6 Å². The lowest BCUT2D eigenvalue weighted by Gasteiger charge is -2.50. The number of fused-ring (bicyclic) bond motifs is 6. The first-order valence-corrected chi connectivity index (χ1v) is 12.1. The number of nitrogens with zero attached hydrogens (tertiary/aromatic N) is 2. The summed E-state index contributed by atoms with van der Waals surface area (Å²) in [7, 11) is 0. The molecule has 8 aliphatic rings. The minimum Gasteiger partial charge on any atom is -0.478 e. The average molecular weight is 426 g/mol. The summed E-state index contributed by atoms with van der Waals surface area (Å²) >= 11 is 0. The summed E-state index contributed by atoms with van der Waals surface area (Å²) in [6.45, 7) is 2.17. The fourth-order valence-electron chi connectivity index (χ4n) is 10.7. The van der Waals surface area contributed by atoms with Gasteiger partial charge < -0.3 is 19.4 Å². The monoisotopic (exact) mass is 425 g/mol. The summed E-state index contributed by atoms with van der Waals surface area (Å²) in [6, 6.07) is 1.57. The summed E-state index contributed by atoms with van der Waals surface area (Å²) in [5.74, 6) is -0.577. The maximum Gasteiger partial charge on any atom is 0.331 e. The van der Waals surface area contributed by atoms with Crippen molar-refractivity contribution < 1.29 is 29.0 Å². The fraction of sp³-hybridized carbons (Fsp3) is 0.750. The van der Waals surface area contributed by atoms with Gasteiger partial charge in [0.05, 0.1) is 24.7 Å². The topological polar surface area (TPSA) is 87.1 Å². The van der Waals surface area contributed by atoms with Gasteiger partial charge in [0.2, 0.25) is 0 Å². The molecule has 0 amide bonds. The van der Waals surface area contributed by atoms with Crippen molar-refractivity contribution in [3.05, 3.63) is 23.3 Å². The van der Waals surface area contributed by atoms with Crippen molar-refractivity contribution in [2.24, 2.45) is 11.8 Å². The number of carbonyl (C=O) groups excluding carboxylic acids is 1. The maximum atomic E-state index is 12.7. The number of aliphatic carboxylic acids is 1. The lowest BCUT2D eigenvalue weighted by molar-refractivity contribution is -0.966. The number of carbonyl (C=O) groups is 2. The molecule has 7 heterocycles. The molecule has 1 unspecified atom stereocenters. The van der Waals surface area contributed by atoms with E-state index in [-0.39, 0.29) is 17.9 Å². The van der Waals surface area contributed by atoms with Crippen molar-refractivity contribution in [2.45, 2.75) is 86.4 Å². The molecule has 4 bridgehead atoms. The van der Waals surface area contributed by atoms with Crippen LogP contribution in [0.2, 0.25) is 0 Å². The van der Waals surface area contributed by atoms with Crippen molar-refractivity contribution in [3.63, 3.8) is 0 Å². The van der Waals surface area contributed by atoms with Gasteiger partial charge in [0.1, 0.15) is 17.7 Å². The standard InChI is InChI=1S/C24H28N2O5/c27-19(28)8-12-7-13-16-11-23(12,30)18-4-2-6-26(16,18)22-15-10-24(17-3-1-5-25(15)17)14(21(13)22)9-20(29)31-24/h8-9,13,15-18,21-22,30H,1-7,10-11H2/p+1/b12-8-/t13-,15+,16+,17-,18-,21-,22+,23+,24+,26?/m1/s1. The highest BCUT2D eigenvalue weighted by Gasteiger charge is 2.83. The van der Waals surface area contributed by atoms with Crippen molar-refractivity contribution >= 4 is 11.9 Å². The Bertz CT molecular complexity index is 1020. The van der Waals surface area contributed by atoms with Gasteiger partial charge >= 0.3 is 11.9 Å². The molecule has 164 valence electrons. The molecule has 1 saturated carbocycles. The minimum absolute atomic E-state index is 0.0934. The molecule has 8 rings (SSSR count). The predicted octanol–water partition coefficient (Wildman–Crippen LogP) is 0.971. The van der Waals surface area contributed by atoms with E-state index in [0.29, 0.717) is 42.9 Å². The van der Waals surface area contributed by atoms with Gasteiger partial charge in [0.15, 0.2) is 5.60 Å². The second kappa shape index (κ2) is 5.10. The van der Waals surface area contributed by atoms with E-state index in [0.717, 1.165) is 55.2 Å². The third kappa shape index (κ3) is 1.67. The highest BCUT2D eigenvalue weighted by atomic mass is 16.6. The lowest BCUT2D eigenvalue weighted by Crippen LogP contribution is -2.66. The van der Waals surface area contributed by atoms with Crippen LogP contribution in [0.1, 0.15) is 44.9 Å². The smallest absolute Gasteiger partial charge is 0.331 e. The van der Waals surface area contributed by atoms with Gasteiger partial charge in [-0.05, 0) is 37.0 Å². The van der Waals surface area contributed by atoms with E-state index in [9.17, 15) is 19.8 Å². The van der Waals surface area contributed by atoms with Crippen LogP contribution in [-0.4, -0.2) is 86.0 Å². The van der Waals surface area contributed by atoms with Gasteiger partial charge in [-0.25, -0.2) is 9.59 Å². The van der Waals surface area contributed by atoms with E-state index in [2.05, 4.69) is 4.90 Å². The molecular weight excluding hydrogens is 396 g/mol. The maximum absolute atomic E-state index is 12.7. The molecule has 10 atom stereocenters. The molecule has 6 saturated heterocycles. The molecule has 7 heteroatoms. The Labute approximate surface area is 180 Å². The zero-order valence-corrected chi connectivity index (χ0v) is 17.6. The number of quaternary nitrogens is 1. The van der Waals surface area contributed by atoms with Gasteiger partial charge in [0.25, 0.3) is 0 Å². The first kappa shape index (κ1) is 17.8. The van der Waals surface area contributed by atoms with Crippen LogP contribution >= 0.6 is 0 Å². The summed E-state index contributed by atoms with van der Waals surface area (Å²) in [5.41, 5.74) is 0.530. The molecule has 0 aromatic carbocycles. The zero-order chi connectivity index (χ0) is 20.9. The molecule has 7 fully saturated rings. The molecule has 2 spiro atoms. The van der Waals surface area contributed by atoms with E-state index < -0.39 is 17.2 Å². The predicted molar refractivity (Wildman–Crippen MR) is 108 cm³/mol. The van der Waals surface area contributed by atoms with E-state index in [1.54, 1.807) is 0 Å². The van der Waals surface area contributed by atoms with Gasteiger partial charge in [-0.2, -0.15) is 0 Å². The molecule has 0 aromatic rings. The highest BCUT2D eigenvalue weighted by Crippen LogP contribution is 2.71. The summed E-state index contributed by atoms with van der Waals surface area (Å²) < 4.78 is 7.15. The Kier molecular flexibility index (Phi) is 2.93. The number of carboxylic acid groups (broad SMARTS) is 1. The van der Waals surface area contributed by atoms with Crippen LogP contribution in [0.5, 0.6) is 0 Å². The van der Waals surface area contributed by atoms with Crippen molar-refractivity contribution in [2.75, 3.05) is 13.1 Å². The molecule has 0 aromatic heterocycles. The van der Waals surface area contributed by atoms with Crippen LogP contribution < -0.4 is 0 Å². The number of carboxylic acids is 1. The SMILES string of the molecule is O=C(O)/C=C1/C[C@H]2[C@@H]3C4=CC(=O)O[C@@]45C[C@@H]([C@@H]3[N+]34CCC[C@@H]3[C@]1(O)C[C@@H]24)N1CCC[C@@H]15. The Morgan fingerprint density at radius 3 is 3.00 bits per heavy atom. The Hall–Kier alpha value is -1.70. The lowest BCUT2D eigenvalue weighted by atomic mass is 9.61. The number of hydrogen-bond acceptors (Lipinski definition) is 5. The van der Waals surface area contributed by atoms with E-state index >= 15 is 0 Å². The summed E-state index contributed by atoms with van der Waals surface area (Å²) in [5, 5.41) is 21.5. The van der Waals surface area contributed by atoms with Gasteiger partial charge in [-0.15, -0.1) is 0 Å². The van der Waals surface area contributed by atoms with Crippen LogP contribution in [0.4, 0.5) is 0 Å². The number of esters is 1. The molecule has 1 aliphatic carbocycles. The Morgan fingerprint density at radius 1 is 1.29 bits per heavy atom. The Balaban J connectivity index is 1.37. The van der Waals surface area contributed by atoms with Gasteiger partial charge in [-0.1, -0.05) is 0 Å². The average Bonchev–Trinajstić information content (AvgIpc) is 3.49. The molecule has 7 nitrogen and oxygen atoms in total. The van der Waals surface area contributed by atoms with Gasteiger partial charge in [-0.3, -0.25) is 4.90 Å². The first-order valence-electron chi connectivity index (χ1n) is 12.1. The van der Waals surface area contributed by atoms with Crippen molar-refractivity contribution in [3.8, 4) is 0 Å². The van der Waals surface area contributed by atoms with Crippen molar-refractivity contribution in [1.82, 2.24) is 4.90 Å². The molecule has 31 heavy (non-hydrogen) atoms. The fourth-order valence-corrected chi connectivity index (χ4v) is 10.7. The summed E-state index contributed by atoms with van der Waals surface area (Å²) in [6.07, 6.45) is 9.68.